The number of aliphatic hydroxyl groups excluding tert-OH is 2. The molecule has 1 aromatic heterocycles. The molecule has 2 N–H and O–H groups in total. The summed E-state index contributed by atoms with van der Waals surface area (Å²) < 4.78 is 64.3. The molecule has 1 aliphatic carbocycles. The van der Waals surface area contributed by atoms with Crippen LogP contribution in [0.3, 0.4) is 0 Å². The van der Waals surface area contributed by atoms with Crippen LogP contribution in [-0.4, -0.2) is 181 Å². The number of nitrogens with zero attached hydrogens (tertiary/aromatic N) is 3. The third-order valence-corrected chi connectivity index (χ3v) is 19.3. The Bertz CT molecular complexity index is 2420. The third-order valence-electron chi connectivity index (χ3n) is 18.1. The molecule has 448 valence electrons. The van der Waals surface area contributed by atoms with Gasteiger partial charge in [-0.25, -0.2) is 0 Å². The van der Waals surface area contributed by atoms with Crippen molar-refractivity contribution in [2.45, 2.75) is 210 Å². The van der Waals surface area contributed by atoms with Gasteiger partial charge in [0.25, 0.3) is 5.91 Å². The largest absolute Gasteiger partial charge is 0.493 e. The van der Waals surface area contributed by atoms with Crippen molar-refractivity contribution in [1.82, 2.24) is 9.88 Å². The molecule has 1 saturated carbocycles. The first-order valence-corrected chi connectivity index (χ1v) is 29.8. The van der Waals surface area contributed by atoms with E-state index in [1.807, 2.05) is 59.7 Å². The number of carbonyl (C=O) groups is 4. The lowest BCUT2D eigenvalue weighted by molar-refractivity contribution is -0.319. The number of carbonyl (C=O) groups excluding carboxylic acids is 4. The van der Waals surface area contributed by atoms with Gasteiger partial charge in [-0.15, -0.1) is 11.8 Å². The van der Waals surface area contributed by atoms with Gasteiger partial charge in [-0.2, -0.15) is 0 Å². The van der Waals surface area contributed by atoms with Crippen LogP contribution < -0.4 is 14.4 Å². The number of amides is 1. The van der Waals surface area contributed by atoms with Crippen molar-refractivity contribution in [3.63, 3.8) is 0 Å². The first kappa shape index (κ1) is 63.6. The van der Waals surface area contributed by atoms with Crippen molar-refractivity contribution in [3.8, 4) is 11.5 Å². The SMILES string of the molecule is CC[C@H]1OC(=O)[C@H](C)[C@@H](O[C@H]2C[C@@](C)(OC)[C@@H](O)[C@H](C)O2)[C@H](C)[C@@H](O[C@@H]2O[C@H](C)C[C@H](N(C)C)[C@H]2O)[C@](C)(OC)C[C@@H](C)C(=O)[C@H](C)[C@H]2[C@H](SCCN(C(=O)c3cccnc3)c3ccc(OC)c(OC4CCCC4)c3)C(=O)O[C@@]21C. The van der Waals surface area contributed by atoms with E-state index in [9.17, 15) is 19.8 Å². The van der Waals surface area contributed by atoms with Gasteiger partial charge in [-0.1, -0.05) is 27.7 Å². The molecule has 0 radical (unpaired) electrons. The van der Waals surface area contributed by atoms with Crippen LogP contribution in [0.4, 0.5) is 5.69 Å². The van der Waals surface area contributed by atoms with Gasteiger partial charge in [0.15, 0.2) is 29.7 Å². The first-order valence-electron chi connectivity index (χ1n) is 28.7. The van der Waals surface area contributed by atoms with Crippen LogP contribution in [0.2, 0.25) is 0 Å². The number of rotatable bonds is 17. The highest BCUT2D eigenvalue weighted by Gasteiger charge is 2.62. The Kier molecular flexibility index (Phi) is 21.3. The average Bonchev–Trinajstić information content (AvgIpc) is 4.06. The summed E-state index contributed by atoms with van der Waals surface area (Å²) in [7, 11) is 8.41. The molecule has 5 aliphatic rings. The number of pyridine rings is 1. The van der Waals surface area contributed by atoms with Crippen molar-refractivity contribution < 1.29 is 76.8 Å². The number of cyclic esters (lactones) is 1. The Morgan fingerprint density at radius 1 is 0.875 bits per heavy atom. The highest BCUT2D eigenvalue weighted by Crippen LogP contribution is 2.50. The quantitative estimate of drug-likeness (QED) is 0.147. The number of ketones is 1. The van der Waals surface area contributed by atoms with Crippen LogP contribution >= 0.6 is 11.8 Å². The topological polar surface area (TPSA) is 220 Å². The van der Waals surface area contributed by atoms with Crippen LogP contribution in [0.25, 0.3) is 0 Å². The van der Waals surface area contributed by atoms with E-state index in [1.54, 1.807) is 77.1 Å². The van der Waals surface area contributed by atoms with E-state index in [2.05, 4.69) is 4.98 Å². The fourth-order valence-corrected chi connectivity index (χ4v) is 14.7. The fraction of sp³-hybridized carbons (Fsp3) is 0.750. The Morgan fingerprint density at radius 2 is 1.57 bits per heavy atom. The molecule has 19 nitrogen and oxygen atoms in total. The van der Waals surface area contributed by atoms with Crippen molar-refractivity contribution in [3.05, 3.63) is 48.3 Å². The van der Waals surface area contributed by atoms with Crippen molar-refractivity contribution in [2.24, 2.45) is 29.6 Å². The lowest BCUT2D eigenvalue weighted by Gasteiger charge is -2.50. The molecule has 5 fully saturated rings. The smallest absolute Gasteiger partial charge is 0.320 e. The number of aromatic nitrogens is 1. The Hall–Kier alpha value is -3.96. The molecular formula is C60H91N3O16S. The highest BCUT2D eigenvalue weighted by molar-refractivity contribution is 8.00. The van der Waals surface area contributed by atoms with E-state index in [4.69, 9.17) is 47.4 Å². The molecule has 0 unspecified atom stereocenters. The fourth-order valence-electron chi connectivity index (χ4n) is 13.3. The second-order valence-electron chi connectivity index (χ2n) is 23.9. The number of esters is 2. The van der Waals surface area contributed by atoms with E-state index in [0.29, 0.717) is 29.2 Å². The van der Waals surface area contributed by atoms with Gasteiger partial charge in [-0.3, -0.25) is 24.2 Å². The third kappa shape index (κ3) is 13.5. The summed E-state index contributed by atoms with van der Waals surface area (Å²) in [5.41, 5.74) is -2.98. The highest BCUT2D eigenvalue weighted by atomic mass is 32.2. The maximum absolute atomic E-state index is 15.4. The first-order chi connectivity index (χ1) is 37.8. The summed E-state index contributed by atoms with van der Waals surface area (Å²) >= 11 is 1.28. The van der Waals surface area contributed by atoms with Gasteiger partial charge in [0.2, 0.25) is 0 Å². The minimum atomic E-state index is -1.50. The number of thioether (sulfide) groups is 1. The van der Waals surface area contributed by atoms with E-state index in [1.165, 1.54) is 32.2 Å². The molecule has 19 atom stereocenters. The summed E-state index contributed by atoms with van der Waals surface area (Å²) in [6, 6.07) is 8.47. The predicted octanol–water partition coefficient (Wildman–Crippen LogP) is 7.43. The molecule has 5 heterocycles. The van der Waals surface area contributed by atoms with Gasteiger partial charge in [0, 0.05) is 86.8 Å². The maximum atomic E-state index is 15.4. The van der Waals surface area contributed by atoms with Crippen molar-refractivity contribution >= 4 is 41.1 Å². The number of likely N-dealkylation sites (N-methyl/N-ethyl adjacent to an activating group) is 1. The number of Topliss-reactive ketones (excluding diaryl/α,β-unsaturated/α-hetero) is 1. The van der Waals surface area contributed by atoms with Crippen molar-refractivity contribution in [1.29, 1.82) is 0 Å². The van der Waals surface area contributed by atoms with Crippen LogP contribution in [-0.2, 0) is 52.3 Å². The molecule has 20 heteroatoms. The summed E-state index contributed by atoms with van der Waals surface area (Å²) in [5.74, 6) is -4.66. The molecular weight excluding hydrogens is 1050 g/mol. The minimum Gasteiger partial charge on any atom is -0.493 e. The molecule has 0 spiro atoms. The van der Waals surface area contributed by atoms with Crippen LogP contribution in [0.1, 0.15) is 131 Å². The number of ether oxygens (including phenoxy) is 10. The molecule has 1 aromatic carbocycles. The number of aliphatic hydroxyl groups is 2. The molecule has 4 saturated heterocycles. The van der Waals surface area contributed by atoms with E-state index in [-0.39, 0.29) is 61.5 Å². The number of benzene rings is 1. The average molecular weight is 1140 g/mol. The zero-order valence-corrected chi connectivity index (χ0v) is 50.6. The minimum absolute atomic E-state index is 0.0203. The molecule has 7 rings (SSSR count). The standard InChI is InChI=1S/C60H91N3O16S/c1-16-45-60(10)47(51(56(69)79-60)80-27-26-63(54(67)39-20-19-25-61-32-39)40-23-24-43(70-13)44(29-40)75-41-21-17-18-22-41)35(4)48(64)33(2)30-59(9,72-15)53(78-57-49(65)42(62(11)12)28-34(3)73-57)36(5)50(37(6)55(68)76-45)77-46-31-58(8,71-14)52(66)38(7)74-46/h19-20,23-25,29,32-38,41-42,45-47,49-53,57,65-66H,16-18,21-22,26-28,30-31H2,1-15H3/t33-,34-,35-,36+,37-,38+,42+,45-,46+,47+,49-,50+,51+,52+,53-,57+,58-,59-,60-/m1/s1. The summed E-state index contributed by atoms with van der Waals surface area (Å²) in [6.45, 7) is 18.2. The van der Waals surface area contributed by atoms with Crippen LogP contribution in [0.15, 0.2) is 42.7 Å². The van der Waals surface area contributed by atoms with Gasteiger partial charge >= 0.3 is 11.9 Å². The van der Waals surface area contributed by atoms with Gasteiger partial charge < -0.3 is 67.4 Å². The Labute approximate surface area is 478 Å². The Balaban J connectivity index is 1.26. The molecule has 4 aliphatic heterocycles. The van der Waals surface area contributed by atoms with Crippen LogP contribution in [0.5, 0.6) is 11.5 Å². The number of hydrogen-bond donors (Lipinski definition) is 2. The summed E-state index contributed by atoms with van der Waals surface area (Å²) in [6.07, 6.45) is -0.334. The lowest BCUT2D eigenvalue weighted by atomic mass is 9.70. The van der Waals surface area contributed by atoms with Gasteiger partial charge in [-0.05, 0) is 125 Å². The molecule has 2 aromatic rings. The summed E-state index contributed by atoms with van der Waals surface area (Å²) in [5, 5.41) is 22.2. The van der Waals surface area contributed by atoms with Gasteiger partial charge in [0.1, 0.15) is 29.3 Å². The number of fused-ring (bicyclic) bond motifs is 1. The second kappa shape index (κ2) is 26.7. The Morgan fingerprint density at radius 3 is 2.20 bits per heavy atom. The van der Waals surface area contributed by atoms with E-state index >= 15 is 9.59 Å². The zero-order chi connectivity index (χ0) is 58.6. The maximum Gasteiger partial charge on any atom is 0.320 e. The van der Waals surface area contributed by atoms with E-state index in [0.717, 1.165) is 25.7 Å². The molecule has 0 bridgehead atoms. The normalized spacial score (nSPS) is 38.5. The predicted molar refractivity (Wildman–Crippen MR) is 300 cm³/mol. The van der Waals surface area contributed by atoms with E-state index < -0.39 is 113 Å². The molecule has 80 heavy (non-hydrogen) atoms. The number of hydrogen-bond acceptors (Lipinski definition) is 19. The van der Waals surface area contributed by atoms with Crippen molar-refractivity contribution in [2.75, 3.05) is 52.6 Å². The monoisotopic (exact) mass is 1140 g/mol. The number of anilines is 1. The second-order valence-corrected chi connectivity index (χ2v) is 25.2. The van der Waals surface area contributed by atoms with Crippen LogP contribution in [0, 0.1) is 29.6 Å². The number of methoxy groups -OCH3 is 3. The zero-order valence-electron chi connectivity index (χ0n) is 49.8. The lowest BCUT2D eigenvalue weighted by Crippen LogP contribution is -2.61. The molecule has 1 amide bonds. The van der Waals surface area contributed by atoms with Gasteiger partial charge in [0.05, 0.1) is 60.3 Å². The summed E-state index contributed by atoms with van der Waals surface area (Å²) in [4.78, 5) is 67.6.